The van der Waals surface area contributed by atoms with Crippen molar-refractivity contribution in [2.24, 2.45) is 0 Å². The number of aryl methyl sites for hydroxylation is 1. The number of hydrogen-bond donors (Lipinski definition) is 1. The largest absolute Gasteiger partial charge is 0.449 e. The number of aromatic nitrogens is 2. The summed E-state index contributed by atoms with van der Waals surface area (Å²) in [5, 5.41) is 2.68. The molecule has 3 rings (SSSR count). The van der Waals surface area contributed by atoms with Crippen LogP contribution in [0, 0.1) is 0 Å². The van der Waals surface area contributed by atoms with Crippen LogP contribution in [0.15, 0.2) is 47.4 Å². The SMILES string of the molecule is CC(C)c1ccc(NC(=O)CCn2c(C(F)(F)F)nc3cc(S(=O)(=O)N(C)C)ccc32)cc1. The Hall–Kier alpha value is -2.92. The maximum atomic E-state index is 13.6. The van der Waals surface area contributed by atoms with Crippen LogP contribution in [0.4, 0.5) is 18.9 Å². The van der Waals surface area contributed by atoms with E-state index in [0.29, 0.717) is 11.6 Å². The second kappa shape index (κ2) is 9.14. The lowest BCUT2D eigenvalue weighted by Crippen LogP contribution is -2.22. The van der Waals surface area contributed by atoms with E-state index in [2.05, 4.69) is 10.3 Å². The second-order valence-corrected chi connectivity index (χ2v) is 10.2. The molecule has 1 N–H and O–H groups in total. The van der Waals surface area contributed by atoms with Crippen molar-refractivity contribution in [2.45, 2.75) is 43.8 Å². The van der Waals surface area contributed by atoms with Crippen molar-refractivity contribution < 1.29 is 26.4 Å². The number of amides is 1. The molecule has 0 radical (unpaired) electrons. The molecule has 33 heavy (non-hydrogen) atoms. The first-order valence-electron chi connectivity index (χ1n) is 10.2. The van der Waals surface area contributed by atoms with Gasteiger partial charge in [0.1, 0.15) is 0 Å². The van der Waals surface area contributed by atoms with Crippen LogP contribution >= 0.6 is 0 Å². The van der Waals surface area contributed by atoms with Crippen molar-refractivity contribution >= 4 is 32.7 Å². The molecule has 3 aromatic rings. The smallest absolute Gasteiger partial charge is 0.326 e. The minimum atomic E-state index is -4.78. The van der Waals surface area contributed by atoms with Gasteiger partial charge in [-0.3, -0.25) is 4.79 Å². The van der Waals surface area contributed by atoms with Gasteiger partial charge in [0.25, 0.3) is 0 Å². The maximum absolute atomic E-state index is 13.6. The Kier molecular flexibility index (Phi) is 6.85. The third-order valence-corrected chi connectivity index (χ3v) is 6.99. The molecule has 0 bridgehead atoms. The Balaban J connectivity index is 1.86. The van der Waals surface area contributed by atoms with Gasteiger partial charge in [0, 0.05) is 32.7 Å². The Labute approximate surface area is 190 Å². The fourth-order valence-electron chi connectivity index (χ4n) is 3.31. The third kappa shape index (κ3) is 5.36. The fourth-order valence-corrected chi connectivity index (χ4v) is 4.23. The van der Waals surface area contributed by atoms with E-state index in [4.69, 9.17) is 0 Å². The predicted molar refractivity (Wildman–Crippen MR) is 119 cm³/mol. The van der Waals surface area contributed by atoms with E-state index in [9.17, 15) is 26.4 Å². The van der Waals surface area contributed by atoms with E-state index in [1.807, 2.05) is 26.0 Å². The topological polar surface area (TPSA) is 84.3 Å². The number of nitrogens with one attached hydrogen (secondary N) is 1. The van der Waals surface area contributed by atoms with E-state index in [-0.39, 0.29) is 28.9 Å². The lowest BCUT2D eigenvalue weighted by Gasteiger charge is -2.13. The third-order valence-electron chi connectivity index (χ3n) is 5.18. The van der Waals surface area contributed by atoms with Crippen LogP contribution in [0.1, 0.15) is 37.6 Å². The quantitative estimate of drug-likeness (QED) is 0.539. The zero-order chi connectivity index (χ0) is 24.6. The molecule has 0 fully saturated rings. The first kappa shape index (κ1) is 24.7. The van der Waals surface area contributed by atoms with Crippen LogP contribution in [0.25, 0.3) is 11.0 Å². The van der Waals surface area contributed by atoms with Crippen LogP contribution in [0.5, 0.6) is 0 Å². The molecule has 0 saturated carbocycles. The number of carbonyl (C=O) groups excluding carboxylic acids is 1. The Morgan fingerprint density at radius 1 is 1.12 bits per heavy atom. The van der Waals surface area contributed by atoms with E-state index in [1.54, 1.807) is 12.1 Å². The van der Waals surface area contributed by atoms with E-state index >= 15 is 0 Å². The molecule has 2 aromatic carbocycles. The summed E-state index contributed by atoms with van der Waals surface area (Å²) in [6, 6.07) is 10.9. The highest BCUT2D eigenvalue weighted by atomic mass is 32.2. The maximum Gasteiger partial charge on any atom is 0.449 e. The summed E-state index contributed by atoms with van der Waals surface area (Å²) in [5.41, 5.74) is 1.63. The highest BCUT2D eigenvalue weighted by Gasteiger charge is 2.38. The number of fused-ring (bicyclic) bond motifs is 1. The van der Waals surface area contributed by atoms with Gasteiger partial charge in [0.2, 0.25) is 21.8 Å². The predicted octanol–water partition coefficient (Wildman–Crippen LogP) is 4.46. The monoisotopic (exact) mass is 482 g/mol. The lowest BCUT2D eigenvalue weighted by atomic mass is 10.0. The highest BCUT2D eigenvalue weighted by Crippen LogP contribution is 2.32. The molecule has 1 heterocycles. The zero-order valence-electron chi connectivity index (χ0n) is 18.6. The van der Waals surface area contributed by atoms with Crippen molar-refractivity contribution in [2.75, 3.05) is 19.4 Å². The van der Waals surface area contributed by atoms with Crippen LogP contribution in [-0.4, -0.2) is 42.3 Å². The van der Waals surface area contributed by atoms with Gasteiger partial charge in [-0.15, -0.1) is 0 Å². The highest BCUT2D eigenvalue weighted by molar-refractivity contribution is 7.89. The van der Waals surface area contributed by atoms with Gasteiger partial charge in [-0.25, -0.2) is 17.7 Å². The Bertz CT molecular complexity index is 1260. The van der Waals surface area contributed by atoms with Gasteiger partial charge >= 0.3 is 6.18 Å². The molecule has 178 valence electrons. The summed E-state index contributed by atoms with van der Waals surface area (Å²) in [6.45, 7) is 3.81. The summed E-state index contributed by atoms with van der Waals surface area (Å²) in [4.78, 5) is 15.8. The summed E-state index contributed by atoms with van der Waals surface area (Å²) >= 11 is 0. The number of halogens is 3. The number of sulfonamides is 1. The molecular formula is C22H25F3N4O3S. The average Bonchev–Trinajstić information content (AvgIpc) is 3.11. The van der Waals surface area contributed by atoms with Crippen LogP contribution < -0.4 is 5.32 Å². The summed E-state index contributed by atoms with van der Waals surface area (Å²) in [7, 11) is -1.18. The fraction of sp³-hybridized carbons (Fsp3) is 0.364. The average molecular weight is 483 g/mol. The zero-order valence-corrected chi connectivity index (χ0v) is 19.5. The molecule has 1 amide bonds. The van der Waals surface area contributed by atoms with Crippen molar-refractivity contribution in [3.8, 4) is 0 Å². The van der Waals surface area contributed by atoms with Crippen LogP contribution in [0.2, 0.25) is 0 Å². The number of carbonyl (C=O) groups is 1. The number of alkyl halides is 3. The van der Waals surface area contributed by atoms with Gasteiger partial charge < -0.3 is 9.88 Å². The van der Waals surface area contributed by atoms with Gasteiger partial charge in [0.05, 0.1) is 15.9 Å². The molecule has 0 spiro atoms. The summed E-state index contributed by atoms with van der Waals surface area (Å²) < 4.78 is 67.4. The number of anilines is 1. The van der Waals surface area contributed by atoms with E-state index in [0.717, 1.165) is 20.5 Å². The van der Waals surface area contributed by atoms with E-state index < -0.39 is 27.9 Å². The summed E-state index contributed by atoms with van der Waals surface area (Å²) in [5.74, 6) is -1.31. The van der Waals surface area contributed by atoms with Crippen molar-refractivity contribution in [3.63, 3.8) is 0 Å². The number of benzene rings is 2. The first-order chi connectivity index (χ1) is 15.3. The molecule has 0 atom stereocenters. The number of hydrogen-bond acceptors (Lipinski definition) is 4. The van der Waals surface area contributed by atoms with Gasteiger partial charge in [0.15, 0.2) is 0 Å². The van der Waals surface area contributed by atoms with E-state index in [1.165, 1.54) is 26.2 Å². The van der Waals surface area contributed by atoms with Crippen LogP contribution in [0.3, 0.4) is 0 Å². The summed E-state index contributed by atoms with van der Waals surface area (Å²) in [6.07, 6.45) is -5.00. The molecule has 0 aliphatic carbocycles. The van der Waals surface area contributed by atoms with Crippen LogP contribution in [-0.2, 0) is 27.5 Å². The van der Waals surface area contributed by atoms with Gasteiger partial charge in [-0.1, -0.05) is 26.0 Å². The Morgan fingerprint density at radius 2 is 1.76 bits per heavy atom. The normalized spacial score (nSPS) is 12.6. The second-order valence-electron chi connectivity index (χ2n) is 8.10. The number of nitrogens with zero attached hydrogens (tertiary/aromatic N) is 3. The molecule has 1 aromatic heterocycles. The van der Waals surface area contributed by atoms with Crippen molar-refractivity contribution in [1.82, 2.24) is 13.9 Å². The Morgan fingerprint density at radius 3 is 2.30 bits per heavy atom. The number of imidazole rings is 1. The minimum Gasteiger partial charge on any atom is -0.326 e. The molecule has 0 aliphatic rings. The molecule has 0 aliphatic heterocycles. The van der Waals surface area contributed by atoms with Crippen molar-refractivity contribution in [1.29, 1.82) is 0 Å². The molecule has 7 nitrogen and oxygen atoms in total. The molecule has 0 unspecified atom stereocenters. The van der Waals surface area contributed by atoms with Gasteiger partial charge in [-0.2, -0.15) is 13.2 Å². The van der Waals surface area contributed by atoms with Gasteiger partial charge in [-0.05, 0) is 41.8 Å². The molecule has 0 saturated heterocycles. The lowest BCUT2D eigenvalue weighted by molar-refractivity contribution is -0.147. The number of rotatable bonds is 7. The molecular weight excluding hydrogens is 457 g/mol. The van der Waals surface area contributed by atoms with Crippen molar-refractivity contribution in [3.05, 3.63) is 53.9 Å². The minimum absolute atomic E-state index is 0.0918. The first-order valence-corrected chi connectivity index (χ1v) is 11.6. The molecule has 11 heteroatoms. The standard InChI is InChI=1S/C22H25F3N4O3S/c1-14(2)15-5-7-16(8-6-15)26-20(30)11-12-29-19-10-9-17(33(31,32)28(3)4)13-18(19)27-21(29)22(23,24)25/h5-10,13-14H,11-12H2,1-4H3,(H,26,30).